The molecule has 1 aliphatic rings. The van der Waals surface area contributed by atoms with E-state index in [1.807, 2.05) is 177 Å². The first-order valence-corrected chi connectivity index (χ1v) is 24.8. The Kier molecular flexibility index (Phi) is 13.9. The Bertz CT molecular complexity index is 2240. The van der Waals surface area contributed by atoms with Gasteiger partial charge in [0.25, 0.3) is 0 Å². The fraction of sp³-hybridized carbons (Fsp3) is 0.268. The first-order chi connectivity index (χ1) is 27.4. The largest absolute Gasteiger partial charge is 0.460 e. The molecule has 0 amide bonds. The van der Waals surface area contributed by atoms with Crippen LogP contribution in [0.25, 0.3) is 0 Å². The van der Waals surface area contributed by atoms with E-state index in [9.17, 15) is 0 Å². The summed E-state index contributed by atoms with van der Waals surface area (Å²) in [6.07, 6.45) is 0. The van der Waals surface area contributed by atoms with Gasteiger partial charge in [-0.2, -0.15) is 0 Å². The van der Waals surface area contributed by atoms with Crippen LogP contribution < -0.4 is 22.6 Å². The van der Waals surface area contributed by atoms with E-state index in [0.717, 1.165) is 27.8 Å². The molecular formula is C41H50N4O8P4. The summed E-state index contributed by atoms with van der Waals surface area (Å²) in [6.45, 7) is 15.9. The van der Waals surface area contributed by atoms with Crippen molar-refractivity contribution in [3.8, 4) is 28.7 Å². The van der Waals surface area contributed by atoms with Crippen LogP contribution >= 0.6 is 30.6 Å². The van der Waals surface area contributed by atoms with Gasteiger partial charge < -0.3 is 31.7 Å². The molecule has 0 fully saturated rings. The topological polar surface area (TPSA) is 123 Å². The number of hydrogen-bond acceptors (Lipinski definition) is 12. The Hall–Kier alpha value is -4.10. The maximum atomic E-state index is 6.98. The Morgan fingerprint density at radius 2 is 0.491 bits per heavy atom. The molecule has 1 heterocycles. The molecule has 1 unspecified atom stereocenters. The second-order valence-corrected chi connectivity index (χ2v) is 21.6. The van der Waals surface area contributed by atoms with Crippen molar-refractivity contribution in [2.24, 2.45) is 18.1 Å². The Morgan fingerprint density at radius 1 is 0.298 bits per heavy atom. The van der Waals surface area contributed by atoms with Crippen molar-refractivity contribution in [1.82, 2.24) is 0 Å². The maximum Gasteiger partial charge on any atom is 0.460 e. The minimum Gasteiger partial charge on any atom is -0.422 e. The van der Waals surface area contributed by atoms with Crippen molar-refractivity contribution in [2.75, 3.05) is 19.8 Å². The molecular weight excluding hydrogens is 800 g/mol. The molecule has 0 saturated carbocycles. The van der Waals surface area contributed by atoms with Crippen LogP contribution in [-0.4, -0.2) is 19.8 Å². The van der Waals surface area contributed by atoms with Crippen LogP contribution in [0.5, 0.6) is 28.7 Å². The number of nitrogens with zero attached hydrogens (tertiary/aromatic N) is 4. The highest BCUT2D eigenvalue weighted by Crippen LogP contribution is 2.79. The predicted octanol–water partition coefficient (Wildman–Crippen LogP) is 14.8. The number of hydrogen-bond donors (Lipinski definition) is 0. The lowest BCUT2D eigenvalue weighted by Crippen LogP contribution is -2.09. The van der Waals surface area contributed by atoms with Gasteiger partial charge in [0, 0.05) is 0 Å². The van der Waals surface area contributed by atoms with Crippen molar-refractivity contribution in [2.45, 2.75) is 55.4 Å². The number of benzene rings is 5. The number of rotatable bonds is 16. The minimum absolute atomic E-state index is 0.139. The quantitative estimate of drug-likeness (QED) is 0.0899. The summed E-state index contributed by atoms with van der Waals surface area (Å²) in [4.78, 5) is 0. The molecule has 16 heteroatoms. The highest BCUT2D eigenvalue weighted by atomic mass is 31.3. The summed E-state index contributed by atoms with van der Waals surface area (Å²) < 4.78 is 75.7. The molecule has 0 aromatic heterocycles. The molecule has 0 aliphatic carbocycles. The zero-order valence-corrected chi connectivity index (χ0v) is 37.1. The van der Waals surface area contributed by atoms with E-state index in [4.69, 9.17) is 54.3 Å². The van der Waals surface area contributed by atoms with Gasteiger partial charge in [-0.1, -0.05) is 93.0 Å². The van der Waals surface area contributed by atoms with E-state index >= 15 is 0 Å². The molecule has 0 saturated heterocycles. The third-order valence-electron chi connectivity index (χ3n) is 8.02. The standard InChI is InChI=1S/C41H50N4O8P4/c1-9-46-54(47-10-2)42-55(48-11-3,49-37-22-12-32(4)13-23-37)44-57(52-40-28-18-35(7)19-29-40,53-41-30-20-36(8)21-31-41)45-56(43-54,50-38-24-14-33(5)15-25-38)51-39-26-16-34(6)17-27-39/h12-31H,9-11H2,1-8H3. The maximum absolute atomic E-state index is 6.98. The summed E-state index contributed by atoms with van der Waals surface area (Å²) in [7, 11) is -16.1. The molecule has 57 heavy (non-hydrogen) atoms. The summed E-state index contributed by atoms with van der Waals surface area (Å²) in [5.74, 6) is 2.12. The van der Waals surface area contributed by atoms with E-state index in [0.29, 0.717) is 28.7 Å². The van der Waals surface area contributed by atoms with E-state index in [1.165, 1.54) is 0 Å². The molecule has 5 aromatic rings. The zero-order chi connectivity index (χ0) is 40.5. The first-order valence-electron chi connectivity index (χ1n) is 18.7. The lowest BCUT2D eigenvalue weighted by Gasteiger charge is -2.33. The van der Waals surface area contributed by atoms with Gasteiger partial charge in [0.2, 0.25) is 0 Å². The molecule has 1 atom stereocenters. The van der Waals surface area contributed by atoms with Gasteiger partial charge in [0.1, 0.15) is 28.7 Å². The smallest absolute Gasteiger partial charge is 0.422 e. The van der Waals surface area contributed by atoms with Crippen molar-refractivity contribution in [3.63, 3.8) is 0 Å². The van der Waals surface area contributed by atoms with Crippen molar-refractivity contribution >= 4 is 30.6 Å². The van der Waals surface area contributed by atoms with Crippen LogP contribution in [-0.2, 0) is 13.6 Å². The van der Waals surface area contributed by atoms with Gasteiger partial charge >= 0.3 is 30.6 Å². The molecule has 0 bridgehead atoms. The first kappa shape index (κ1) is 42.5. The van der Waals surface area contributed by atoms with Crippen LogP contribution in [0, 0.1) is 34.6 Å². The van der Waals surface area contributed by atoms with Crippen LogP contribution in [0.2, 0.25) is 0 Å². The van der Waals surface area contributed by atoms with Crippen molar-refractivity contribution in [3.05, 3.63) is 149 Å². The molecule has 6 rings (SSSR count). The van der Waals surface area contributed by atoms with Crippen LogP contribution in [0.3, 0.4) is 0 Å². The van der Waals surface area contributed by atoms with E-state index in [2.05, 4.69) is 0 Å². The van der Waals surface area contributed by atoms with E-state index < -0.39 is 30.6 Å². The third kappa shape index (κ3) is 11.3. The van der Waals surface area contributed by atoms with Gasteiger partial charge in [0.15, 0.2) is 0 Å². The van der Waals surface area contributed by atoms with Crippen molar-refractivity contribution in [1.29, 1.82) is 0 Å². The fourth-order valence-corrected chi connectivity index (χ4v) is 17.6. The summed E-state index contributed by atoms with van der Waals surface area (Å²) in [6, 6.07) is 37.6. The monoisotopic (exact) mass is 850 g/mol. The van der Waals surface area contributed by atoms with E-state index in [-0.39, 0.29) is 19.8 Å². The van der Waals surface area contributed by atoms with Crippen LogP contribution in [0.4, 0.5) is 0 Å². The second-order valence-electron chi connectivity index (χ2n) is 13.1. The molecule has 12 nitrogen and oxygen atoms in total. The van der Waals surface area contributed by atoms with Gasteiger partial charge in [-0.3, -0.25) is 4.52 Å². The van der Waals surface area contributed by atoms with Gasteiger partial charge in [-0.25, -0.2) is 0 Å². The van der Waals surface area contributed by atoms with Crippen LogP contribution in [0.1, 0.15) is 48.6 Å². The minimum atomic E-state index is -4.17. The molecule has 0 spiro atoms. The Labute approximate surface area is 336 Å². The summed E-state index contributed by atoms with van der Waals surface area (Å²) in [5, 5.41) is 0. The zero-order valence-electron chi connectivity index (χ0n) is 33.5. The van der Waals surface area contributed by atoms with Gasteiger partial charge in [-0.15, -0.1) is 13.5 Å². The van der Waals surface area contributed by atoms with Gasteiger partial charge in [0.05, 0.1) is 19.8 Å². The molecule has 0 N–H and O–H groups in total. The number of aryl methyl sites for hydroxylation is 5. The third-order valence-corrected chi connectivity index (χ3v) is 19.3. The normalized spacial score (nSPS) is 17.9. The SMILES string of the molecule is CCOP1(OCC)=NP(Oc2ccc(C)cc2)(Oc2ccc(C)cc2)=NP(Oc2ccc(C)cc2)(Oc2ccc(C)cc2)=NP(OCC)(Oc2ccc(C)cc2)=N1. The highest BCUT2D eigenvalue weighted by molar-refractivity contribution is 7.79. The fourth-order valence-electron chi connectivity index (χ4n) is 5.27. The second kappa shape index (κ2) is 18.7. The Morgan fingerprint density at radius 3 is 0.754 bits per heavy atom. The summed E-state index contributed by atoms with van der Waals surface area (Å²) in [5.41, 5.74) is 5.15. The lowest BCUT2D eigenvalue weighted by atomic mass is 10.2. The highest BCUT2D eigenvalue weighted by Gasteiger charge is 2.47. The average molecular weight is 851 g/mol. The van der Waals surface area contributed by atoms with Crippen LogP contribution in [0.15, 0.2) is 139 Å². The van der Waals surface area contributed by atoms with Gasteiger partial charge in [-0.05, 0) is 116 Å². The average Bonchev–Trinajstić information content (AvgIpc) is 3.16. The predicted molar refractivity (Wildman–Crippen MR) is 231 cm³/mol. The molecule has 1 aliphatic heterocycles. The van der Waals surface area contributed by atoms with E-state index in [1.54, 1.807) is 0 Å². The van der Waals surface area contributed by atoms with Crippen molar-refractivity contribution < 1.29 is 36.2 Å². The molecule has 5 aromatic carbocycles. The lowest BCUT2D eigenvalue weighted by molar-refractivity contribution is 0.258. The Balaban J connectivity index is 1.80. The molecule has 302 valence electrons. The molecule has 0 radical (unpaired) electrons. The summed E-state index contributed by atoms with van der Waals surface area (Å²) >= 11 is 0.